The molecule has 1 amide bonds. The fourth-order valence-corrected chi connectivity index (χ4v) is 4.11. The number of carbonyl (C=O) groups excluding carboxylic acids is 1. The summed E-state index contributed by atoms with van der Waals surface area (Å²) in [6, 6.07) is 10.6. The largest absolute Gasteiger partial charge is 0.504 e. The fraction of sp³-hybridized carbons (Fsp3) is 0.143. The highest BCUT2D eigenvalue weighted by atomic mass is 32.2. The first-order valence-corrected chi connectivity index (χ1v) is 9.63. The minimum absolute atomic E-state index is 0.0744. The molecule has 144 valence electrons. The van der Waals surface area contributed by atoms with Crippen LogP contribution in [0.2, 0.25) is 0 Å². The molecule has 1 saturated heterocycles. The Hall–Kier alpha value is -2.77. The maximum atomic E-state index is 12.9. The van der Waals surface area contributed by atoms with Gasteiger partial charge < -0.3 is 14.6 Å². The average Bonchev–Trinajstić information content (AvgIpc) is 2.97. The first-order valence-electron chi connectivity index (χ1n) is 8.41. The van der Waals surface area contributed by atoms with E-state index in [0.29, 0.717) is 38.4 Å². The summed E-state index contributed by atoms with van der Waals surface area (Å²) in [7, 11) is 3.07. The molecule has 1 aliphatic rings. The lowest BCUT2D eigenvalue weighted by Crippen LogP contribution is -2.27. The number of hydrogen-bond donors (Lipinski definition) is 1. The van der Waals surface area contributed by atoms with Crippen LogP contribution in [-0.4, -0.2) is 29.6 Å². The van der Waals surface area contributed by atoms with Gasteiger partial charge in [0.25, 0.3) is 5.91 Å². The maximum absolute atomic E-state index is 12.9. The molecule has 0 spiro atoms. The number of phenols is 1. The normalized spacial score (nSPS) is 15.2. The summed E-state index contributed by atoms with van der Waals surface area (Å²) >= 11 is 6.64. The second-order valence-electron chi connectivity index (χ2n) is 5.94. The number of ether oxygens (including phenoxy) is 2. The zero-order valence-electron chi connectivity index (χ0n) is 15.5. The SMILES string of the molecule is C=CCc1cc(/C=C2/SC(=S)N(c3ccc(OC)cc3)C2=O)cc(OC)c1O. The van der Waals surface area contributed by atoms with Crippen molar-refractivity contribution in [2.75, 3.05) is 19.1 Å². The van der Waals surface area contributed by atoms with Gasteiger partial charge in [-0.2, -0.15) is 0 Å². The molecule has 0 atom stereocenters. The number of phenolic OH excluding ortho intramolecular Hbond substituents is 1. The number of amides is 1. The number of thiocarbonyl (C=S) groups is 1. The lowest BCUT2D eigenvalue weighted by atomic mass is 10.1. The number of aromatic hydroxyl groups is 1. The van der Waals surface area contributed by atoms with E-state index in [4.69, 9.17) is 21.7 Å². The van der Waals surface area contributed by atoms with Gasteiger partial charge in [-0.1, -0.05) is 30.1 Å². The van der Waals surface area contributed by atoms with Gasteiger partial charge in [-0.05, 0) is 54.5 Å². The fourth-order valence-electron chi connectivity index (χ4n) is 2.81. The number of carbonyl (C=O) groups is 1. The van der Waals surface area contributed by atoms with Gasteiger partial charge in [-0.25, -0.2) is 0 Å². The third kappa shape index (κ3) is 3.90. The number of rotatable bonds is 6. The summed E-state index contributed by atoms with van der Waals surface area (Å²) in [5.74, 6) is 0.926. The van der Waals surface area contributed by atoms with Crippen molar-refractivity contribution >= 4 is 46.0 Å². The Balaban J connectivity index is 1.95. The van der Waals surface area contributed by atoms with Crippen molar-refractivity contribution < 1.29 is 19.4 Å². The van der Waals surface area contributed by atoms with Crippen LogP contribution >= 0.6 is 24.0 Å². The van der Waals surface area contributed by atoms with Crippen LogP contribution in [0.4, 0.5) is 5.69 Å². The summed E-state index contributed by atoms with van der Waals surface area (Å²) in [5, 5.41) is 10.2. The van der Waals surface area contributed by atoms with Gasteiger partial charge in [0.05, 0.1) is 24.8 Å². The quantitative estimate of drug-likeness (QED) is 0.426. The second kappa shape index (κ2) is 8.50. The molecule has 1 N–H and O–H groups in total. The summed E-state index contributed by atoms with van der Waals surface area (Å²) in [6.45, 7) is 3.71. The summed E-state index contributed by atoms with van der Waals surface area (Å²) in [6.07, 6.45) is 3.93. The van der Waals surface area contributed by atoms with Crippen molar-refractivity contribution in [1.29, 1.82) is 0 Å². The van der Waals surface area contributed by atoms with Crippen molar-refractivity contribution in [2.24, 2.45) is 0 Å². The molecule has 0 bridgehead atoms. The van der Waals surface area contributed by atoms with Crippen LogP contribution in [0.15, 0.2) is 54.0 Å². The molecule has 1 heterocycles. The number of nitrogens with zero attached hydrogens (tertiary/aromatic N) is 1. The smallest absolute Gasteiger partial charge is 0.270 e. The molecule has 0 aliphatic carbocycles. The van der Waals surface area contributed by atoms with Crippen molar-refractivity contribution in [1.82, 2.24) is 0 Å². The molecular formula is C21H19NO4S2. The molecule has 1 fully saturated rings. The maximum Gasteiger partial charge on any atom is 0.270 e. The zero-order valence-corrected chi connectivity index (χ0v) is 17.1. The predicted molar refractivity (Wildman–Crippen MR) is 117 cm³/mol. The molecule has 7 heteroatoms. The van der Waals surface area contributed by atoms with Gasteiger partial charge in [0.15, 0.2) is 15.8 Å². The minimum Gasteiger partial charge on any atom is -0.504 e. The molecule has 28 heavy (non-hydrogen) atoms. The Kier molecular flexibility index (Phi) is 6.06. The van der Waals surface area contributed by atoms with Crippen LogP contribution in [0.25, 0.3) is 6.08 Å². The van der Waals surface area contributed by atoms with Crippen molar-refractivity contribution in [3.8, 4) is 17.2 Å². The zero-order chi connectivity index (χ0) is 20.3. The molecule has 5 nitrogen and oxygen atoms in total. The van der Waals surface area contributed by atoms with E-state index < -0.39 is 0 Å². The molecular weight excluding hydrogens is 394 g/mol. The van der Waals surface area contributed by atoms with E-state index in [9.17, 15) is 9.90 Å². The number of hydrogen-bond acceptors (Lipinski definition) is 6. The molecule has 0 saturated carbocycles. The molecule has 0 radical (unpaired) electrons. The topological polar surface area (TPSA) is 59.0 Å². The van der Waals surface area contributed by atoms with Gasteiger partial charge in [0.2, 0.25) is 0 Å². The van der Waals surface area contributed by atoms with Gasteiger partial charge in [0.1, 0.15) is 5.75 Å². The van der Waals surface area contributed by atoms with Crippen LogP contribution in [0.1, 0.15) is 11.1 Å². The van der Waals surface area contributed by atoms with Gasteiger partial charge >= 0.3 is 0 Å². The lowest BCUT2D eigenvalue weighted by Gasteiger charge is -2.14. The first kappa shape index (κ1) is 20.0. The molecule has 2 aromatic carbocycles. The first-order chi connectivity index (χ1) is 13.5. The third-order valence-electron chi connectivity index (χ3n) is 4.18. The van der Waals surface area contributed by atoms with E-state index >= 15 is 0 Å². The van der Waals surface area contributed by atoms with E-state index in [2.05, 4.69) is 6.58 Å². The van der Waals surface area contributed by atoms with E-state index in [1.54, 1.807) is 55.7 Å². The number of anilines is 1. The van der Waals surface area contributed by atoms with Gasteiger partial charge in [-0.15, -0.1) is 6.58 Å². The van der Waals surface area contributed by atoms with Crippen LogP contribution in [0.5, 0.6) is 17.2 Å². The van der Waals surface area contributed by atoms with Crippen LogP contribution < -0.4 is 14.4 Å². The van der Waals surface area contributed by atoms with Crippen LogP contribution in [0, 0.1) is 0 Å². The highest BCUT2D eigenvalue weighted by Gasteiger charge is 2.33. The number of allylic oxidation sites excluding steroid dienone is 1. The van der Waals surface area contributed by atoms with Crippen LogP contribution in [-0.2, 0) is 11.2 Å². The summed E-state index contributed by atoms with van der Waals surface area (Å²) in [5.41, 5.74) is 2.09. The second-order valence-corrected chi connectivity index (χ2v) is 7.61. The summed E-state index contributed by atoms with van der Waals surface area (Å²) < 4.78 is 10.9. The Morgan fingerprint density at radius 2 is 1.93 bits per heavy atom. The van der Waals surface area contributed by atoms with Crippen LogP contribution in [0.3, 0.4) is 0 Å². The Bertz CT molecular complexity index is 967. The molecule has 1 aliphatic heterocycles. The predicted octanol–water partition coefficient (Wildman–Crippen LogP) is 4.54. The monoisotopic (exact) mass is 413 g/mol. The Labute approximate surface area is 173 Å². The average molecular weight is 414 g/mol. The lowest BCUT2D eigenvalue weighted by molar-refractivity contribution is -0.113. The van der Waals surface area contributed by atoms with E-state index in [0.717, 1.165) is 5.56 Å². The van der Waals surface area contributed by atoms with E-state index in [1.165, 1.54) is 23.8 Å². The molecule has 3 rings (SSSR count). The molecule has 0 aromatic heterocycles. The van der Waals surface area contributed by atoms with Crippen molar-refractivity contribution in [3.63, 3.8) is 0 Å². The highest BCUT2D eigenvalue weighted by molar-refractivity contribution is 8.27. The Morgan fingerprint density at radius 3 is 2.54 bits per heavy atom. The van der Waals surface area contributed by atoms with Gasteiger partial charge in [0, 0.05) is 5.56 Å². The number of thioether (sulfide) groups is 1. The Morgan fingerprint density at radius 1 is 1.21 bits per heavy atom. The number of benzene rings is 2. The van der Waals surface area contributed by atoms with Crippen molar-refractivity contribution in [2.45, 2.75) is 6.42 Å². The number of methoxy groups -OCH3 is 2. The van der Waals surface area contributed by atoms with Crippen molar-refractivity contribution in [3.05, 3.63) is 65.1 Å². The molecule has 0 unspecified atom stereocenters. The minimum atomic E-state index is -0.197. The van der Waals surface area contributed by atoms with E-state index in [-0.39, 0.29) is 11.7 Å². The third-order valence-corrected chi connectivity index (χ3v) is 5.48. The molecule has 2 aromatic rings. The van der Waals surface area contributed by atoms with Gasteiger partial charge in [-0.3, -0.25) is 9.69 Å². The highest BCUT2D eigenvalue weighted by Crippen LogP contribution is 2.38. The van der Waals surface area contributed by atoms with E-state index in [1.807, 2.05) is 0 Å². The standard InChI is InChI=1S/C21H19NO4S2/c1-4-5-14-10-13(11-17(26-3)19(14)23)12-18-20(24)22(21(27)28-18)15-6-8-16(25-2)9-7-15/h4,6-12,23H,1,5H2,2-3H3/b18-12+. The summed E-state index contributed by atoms with van der Waals surface area (Å²) in [4.78, 5) is 14.9.